The van der Waals surface area contributed by atoms with Crippen LogP contribution >= 0.6 is 11.3 Å². The van der Waals surface area contributed by atoms with E-state index in [0.29, 0.717) is 21.9 Å². The zero-order chi connectivity index (χ0) is 30.2. The van der Waals surface area contributed by atoms with E-state index in [1.54, 1.807) is 26.2 Å². The van der Waals surface area contributed by atoms with Gasteiger partial charge in [0.2, 0.25) is 4.80 Å². The van der Waals surface area contributed by atoms with Crippen molar-refractivity contribution in [3.8, 4) is 16.9 Å². The van der Waals surface area contributed by atoms with Crippen molar-refractivity contribution in [3.63, 3.8) is 0 Å². The highest BCUT2D eigenvalue weighted by atomic mass is 32.1. The molecule has 0 N–H and O–H groups in total. The highest BCUT2D eigenvalue weighted by Gasteiger charge is 2.18. The van der Waals surface area contributed by atoms with Gasteiger partial charge < -0.3 is 0 Å². The maximum absolute atomic E-state index is 13.6. The van der Waals surface area contributed by atoms with Crippen molar-refractivity contribution in [3.05, 3.63) is 126 Å². The molecule has 5 aromatic rings. The summed E-state index contributed by atoms with van der Waals surface area (Å²) in [5.74, 6) is 0. The number of hydrogen-bond donors (Lipinski definition) is 0. The average Bonchev–Trinajstić information content (AvgIpc) is 3.46. The largest absolute Gasteiger partial charge is 0.297 e. The van der Waals surface area contributed by atoms with Crippen LogP contribution in [-0.4, -0.2) is 24.7 Å². The third-order valence-electron chi connectivity index (χ3n) is 7.21. The number of thiazole rings is 1. The number of nitrogens with zero attached hydrogens (tertiary/aromatic N) is 6. The SMILES string of the molecule is CC(=Nn1c(-c2ccc([N+](=O)[O-])cc2)csc1=Nc1c(C)n(C)n(-c2ccccc2)c1=O)c1ccc(C(C)(C)C)cc1. The van der Waals surface area contributed by atoms with Gasteiger partial charge >= 0.3 is 0 Å². The Hall–Kier alpha value is -4.83. The van der Waals surface area contributed by atoms with E-state index in [9.17, 15) is 14.9 Å². The molecule has 3 aromatic carbocycles. The van der Waals surface area contributed by atoms with E-state index >= 15 is 0 Å². The molecular weight excluding hydrogens is 548 g/mol. The zero-order valence-electron chi connectivity index (χ0n) is 24.4. The van der Waals surface area contributed by atoms with Crippen molar-refractivity contribution in [2.75, 3.05) is 0 Å². The first kappa shape index (κ1) is 28.7. The summed E-state index contributed by atoms with van der Waals surface area (Å²) in [6, 6.07) is 24.1. The quantitative estimate of drug-likeness (QED) is 0.127. The molecule has 0 aliphatic carbocycles. The Morgan fingerprint density at radius 1 is 0.952 bits per heavy atom. The number of nitro benzene ring substituents is 1. The standard InChI is InChI=1S/C32H32N6O3S/c1-21(23-12-16-25(17-13-23)32(3,4)5)34-36-28(24-14-18-27(19-15-24)38(40)41)20-42-31(36)33-29-22(2)35(6)37(30(29)39)26-10-8-7-9-11-26/h7-20H,1-6H3. The summed E-state index contributed by atoms with van der Waals surface area (Å²) in [5.41, 5.74) is 5.93. The Morgan fingerprint density at radius 3 is 2.19 bits per heavy atom. The summed E-state index contributed by atoms with van der Waals surface area (Å²) >= 11 is 1.35. The van der Waals surface area contributed by atoms with Crippen molar-refractivity contribution in [2.45, 2.75) is 40.0 Å². The average molecular weight is 581 g/mol. The lowest BCUT2D eigenvalue weighted by Gasteiger charge is -2.19. The van der Waals surface area contributed by atoms with Gasteiger partial charge in [0.05, 0.1) is 27.7 Å². The van der Waals surface area contributed by atoms with Gasteiger partial charge in [0, 0.05) is 30.1 Å². The molecule has 42 heavy (non-hydrogen) atoms. The molecule has 5 rings (SSSR count). The lowest BCUT2D eigenvalue weighted by atomic mass is 9.86. The van der Waals surface area contributed by atoms with Gasteiger partial charge in [-0.2, -0.15) is 5.10 Å². The normalized spacial score (nSPS) is 12.6. The Kier molecular flexibility index (Phi) is 7.66. The van der Waals surface area contributed by atoms with Crippen LogP contribution in [0.25, 0.3) is 16.9 Å². The van der Waals surface area contributed by atoms with Gasteiger partial charge in [-0.05, 0) is 54.7 Å². The summed E-state index contributed by atoms with van der Waals surface area (Å²) in [7, 11) is 1.83. The second-order valence-corrected chi connectivity index (χ2v) is 11.9. The minimum atomic E-state index is -0.425. The van der Waals surface area contributed by atoms with E-state index in [2.05, 4.69) is 45.0 Å². The fraction of sp³-hybridized carbons (Fsp3) is 0.219. The van der Waals surface area contributed by atoms with Crippen molar-refractivity contribution < 1.29 is 4.92 Å². The highest BCUT2D eigenvalue weighted by Crippen LogP contribution is 2.25. The van der Waals surface area contributed by atoms with Crippen LogP contribution in [0.3, 0.4) is 0 Å². The summed E-state index contributed by atoms with van der Waals surface area (Å²) in [6.07, 6.45) is 0. The Balaban J connectivity index is 1.69. The first-order chi connectivity index (χ1) is 20.0. The number of nitro groups is 1. The molecule has 2 heterocycles. The van der Waals surface area contributed by atoms with E-state index in [1.807, 2.05) is 56.6 Å². The molecule has 10 heteroatoms. The van der Waals surface area contributed by atoms with Crippen molar-refractivity contribution in [2.24, 2.45) is 17.1 Å². The first-order valence-corrected chi connectivity index (χ1v) is 14.3. The molecule has 0 saturated heterocycles. The van der Waals surface area contributed by atoms with Gasteiger partial charge in [-0.1, -0.05) is 63.2 Å². The van der Waals surface area contributed by atoms with E-state index in [4.69, 9.17) is 10.1 Å². The lowest BCUT2D eigenvalue weighted by Crippen LogP contribution is -2.20. The second kappa shape index (κ2) is 11.2. The molecule has 0 aliphatic rings. The van der Waals surface area contributed by atoms with E-state index in [0.717, 1.165) is 22.5 Å². The minimum absolute atomic E-state index is 0.00503. The molecule has 0 spiro atoms. The summed E-state index contributed by atoms with van der Waals surface area (Å²) in [6.45, 7) is 10.3. The molecule has 0 bridgehead atoms. The fourth-order valence-corrected chi connectivity index (χ4v) is 5.46. The smallest absolute Gasteiger partial charge is 0.283 e. The number of aromatic nitrogens is 3. The van der Waals surface area contributed by atoms with Gasteiger partial charge in [0.15, 0.2) is 5.69 Å². The van der Waals surface area contributed by atoms with Crippen LogP contribution in [0.15, 0.2) is 99.1 Å². The van der Waals surface area contributed by atoms with Gasteiger partial charge in [0.25, 0.3) is 11.2 Å². The summed E-state index contributed by atoms with van der Waals surface area (Å²) in [5, 5.41) is 18.1. The Bertz CT molecular complexity index is 1920. The molecule has 0 atom stereocenters. The Morgan fingerprint density at radius 2 is 1.60 bits per heavy atom. The second-order valence-electron chi connectivity index (χ2n) is 11.1. The highest BCUT2D eigenvalue weighted by molar-refractivity contribution is 7.07. The van der Waals surface area contributed by atoms with Crippen molar-refractivity contribution >= 4 is 28.4 Å². The van der Waals surface area contributed by atoms with Crippen LogP contribution < -0.4 is 10.4 Å². The monoisotopic (exact) mass is 580 g/mol. The molecule has 0 radical (unpaired) electrons. The molecule has 0 aliphatic heterocycles. The summed E-state index contributed by atoms with van der Waals surface area (Å²) in [4.78, 5) is 29.8. The maximum Gasteiger partial charge on any atom is 0.297 e. The van der Waals surface area contributed by atoms with E-state index < -0.39 is 4.92 Å². The third-order valence-corrected chi connectivity index (χ3v) is 8.03. The maximum atomic E-state index is 13.6. The van der Waals surface area contributed by atoms with Crippen molar-refractivity contribution in [1.82, 2.24) is 14.0 Å². The molecule has 2 aromatic heterocycles. The number of para-hydroxylation sites is 1. The van der Waals surface area contributed by atoms with Gasteiger partial charge in [-0.25, -0.2) is 14.4 Å². The van der Waals surface area contributed by atoms with Gasteiger partial charge in [-0.3, -0.25) is 19.6 Å². The van der Waals surface area contributed by atoms with E-state index in [-0.39, 0.29) is 16.7 Å². The third kappa shape index (κ3) is 5.53. The minimum Gasteiger partial charge on any atom is -0.283 e. The van der Waals surface area contributed by atoms with E-state index in [1.165, 1.54) is 29.0 Å². The fourth-order valence-electron chi connectivity index (χ4n) is 4.62. The van der Waals surface area contributed by atoms with Crippen LogP contribution in [0.1, 0.15) is 44.5 Å². The predicted octanol–water partition coefficient (Wildman–Crippen LogP) is 6.72. The molecule has 0 amide bonds. The molecule has 0 unspecified atom stereocenters. The molecular formula is C32H32N6O3S. The number of non-ortho nitro benzene ring substituents is 1. The number of hydrogen-bond acceptors (Lipinski definition) is 6. The zero-order valence-corrected chi connectivity index (χ0v) is 25.2. The van der Waals surface area contributed by atoms with Crippen molar-refractivity contribution in [1.29, 1.82) is 0 Å². The van der Waals surface area contributed by atoms with Crippen LogP contribution in [-0.2, 0) is 12.5 Å². The number of benzene rings is 3. The molecule has 0 fully saturated rings. The molecule has 9 nitrogen and oxygen atoms in total. The van der Waals surface area contributed by atoms with Gasteiger partial charge in [0.1, 0.15) is 0 Å². The molecule has 0 saturated carbocycles. The van der Waals surface area contributed by atoms with Crippen LogP contribution in [0.5, 0.6) is 0 Å². The summed E-state index contributed by atoms with van der Waals surface area (Å²) < 4.78 is 5.09. The molecule has 214 valence electrons. The van der Waals surface area contributed by atoms with Crippen LogP contribution in [0.2, 0.25) is 0 Å². The predicted molar refractivity (Wildman–Crippen MR) is 168 cm³/mol. The van der Waals surface area contributed by atoms with Crippen LogP contribution in [0, 0.1) is 17.0 Å². The number of rotatable bonds is 6. The van der Waals surface area contributed by atoms with Gasteiger partial charge in [-0.15, -0.1) is 11.3 Å². The topological polar surface area (TPSA) is 99.7 Å². The van der Waals surface area contributed by atoms with Crippen LogP contribution in [0.4, 0.5) is 11.4 Å². The first-order valence-electron chi connectivity index (χ1n) is 13.5. The Labute approximate surface area is 247 Å². The lowest BCUT2D eigenvalue weighted by molar-refractivity contribution is -0.384.